The summed E-state index contributed by atoms with van der Waals surface area (Å²) in [4.78, 5) is 0. The van der Waals surface area contributed by atoms with Crippen LogP contribution in [0.15, 0.2) is 18.2 Å². The van der Waals surface area contributed by atoms with Crippen LogP contribution in [0.1, 0.15) is 5.56 Å². The van der Waals surface area contributed by atoms with Gasteiger partial charge in [-0.3, -0.25) is 0 Å². The Morgan fingerprint density at radius 3 is 3.15 bits per heavy atom. The molecular formula is C10H14N2O. The van der Waals surface area contributed by atoms with Gasteiger partial charge in [0.1, 0.15) is 5.75 Å². The van der Waals surface area contributed by atoms with Gasteiger partial charge < -0.3 is 15.8 Å². The number of hydrogen-bond donors (Lipinski definition) is 2. The van der Waals surface area contributed by atoms with E-state index in [9.17, 15) is 0 Å². The lowest BCUT2D eigenvalue weighted by Crippen LogP contribution is -2.35. The zero-order chi connectivity index (χ0) is 9.26. The van der Waals surface area contributed by atoms with Crippen LogP contribution >= 0.6 is 0 Å². The van der Waals surface area contributed by atoms with Gasteiger partial charge in [0, 0.05) is 18.3 Å². The van der Waals surface area contributed by atoms with Gasteiger partial charge in [-0.05, 0) is 30.2 Å². The second-order valence-electron chi connectivity index (χ2n) is 3.37. The number of methoxy groups -OCH3 is 1. The van der Waals surface area contributed by atoms with Gasteiger partial charge in [-0.2, -0.15) is 0 Å². The fourth-order valence-corrected chi connectivity index (χ4v) is 1.63. The first kappa shape index (κ1) is 8.38. The van der Waals surface area contributed by atoms with Crippen molar-refractivity contribution in [1.82, 2.24) is 0 Å². The zero-order valence-electron chi connectivity index (χ0n) is 7.71. The topological polar surface area (TPSA) is 47.3 Å². The van der Waals surface area contributed by atoms with Crippen LogP contribution in [0.5, 0.6) is 5.75 Å². The Morgan fingerprint density at radius 2 is 2.38 bits per heavy atom. The Kier molecular flexibility index (Phi) is 2.10. The first-order valence-corrected chi connectivity index (χ1v) is 4.46. The number of fused-ring (bicyclic) bond motifs is 1. The third kappa shape index (κ3) is 1.60. The standard InChI is InChI=1S/C10H14N2O/c1-13-9-2-3-10-7(5-9)4-8(11)6-12-10/h2-3,5,8,12H,4,6,11H2,1H3/t8-/m1/s1. The summed E-state index contributed by atoms with van der Waals surface area (Å²) in [6.07, 6.45) is 0.930. The van der Waals surface area contributed by atoms with Crippen LogP contribution in [0.25, 0.3) is 0 Å². The molecule has 3 heteroatoms. The van der Waals surface area contributed by atoms with Gasteiger partial charge >= 0.3 is 0 Å². The van der Waals surface area contributed by atoms with Crippen LogP contribution in [0.4, 0.5) is 5.69 Å². The summed E-state index contributed by atoms with van der Waals surface area (Å²) in [6, 6.07) is 6.27. The number of nitrogens with two attached hydrogens (primary N) is 1. The first-order valence-electron chi connectivity index (χ1n) is 4.46. The number of nitrogens with one attached hydrogen (secondary N) is 1. The van der Waals surface area contributed by atoms with Gasteiger partial charge in [0.15, 0.2) is 0 Å². The van der Waals surface area contributed by atoms with Gasteiger partial charge in [-0.15, -0.1) is 0 Å². The van der Waals surface area contributed by atoms with E-state index in [1.54, 1.807) is 7.11 Å². The molecule has 1 heterocycles. The van der Waals surface area contributed by atoms with Crippen molar-refractivity contribution >= 4 is 5.69 Å². The highest BCUT2D eigenvalue weighted by atomic mass is 16.5. The van der Waals surface area contributed by atoms with Crippen LogP contribution < -0.4 is 15.8 Å². The van der Waals surface area contributed by atoms with Crippen molar-refractivity contribution in [1.29, 1.82) is 0 Å². The summed E-state index contributed by atoms with van der Waals surface area (Å²) < 4.78 is 5.15. The van der Waals surface area contributed by atoms with Crippen molar-refractivity contribution in [2.75, 3.05) is 19.0 Å². The monoisotopic (exact) mass is 178 g/mol. The van der Waals surface area contributed by atoms with E-state index < -0.39 is 0 Å². The summed E-state index contributed by atoms with van der Waals surface area (Å²) in [7, 11) is 1.68. The molecule has 1 aromatic carbocycles. The van der Waals surface area contributed by atoms with Crippen LogP contribution in [-0.2, 0) is 6.42 Å². The molecule has 3 nitrogen and oxygen atoms in total. The fraction of sp³-hybridized carbons (Fsp3) is 0.400. The SMILES string of the molecule is COc1ccc2c(c1)C[C@@H](N)CN2. The summed E-state index contributed by atoms with van der Waals surface area (Å²) >= 11 is 0. The van der Waals surface area contributed by atoms with Crippen LogP contribution in [0.2, 0.25) is 0 Å². The molecule has 70 valence electrons. The molecule has 0 aliphatic carbocycles. The van der Waals surface area contributed by atoms with Crippen LogP contribution in [0, 0.1) is 0 Å². The van der Waals surface area contributed by atoms with Crippen molar-refractivity contribution in [3.63, 3.8) is 0 Å². The predicted octanol–water partition coefficient (Wildman–Crippen LogP) is 0.990. The highest BCUT2D eigenvalue weighted by Gasteiger charge is 2.14. The maximum atomic E-state index is 5.84. The Hall–Kier alpha value is -1.22. The number of ether oxygens (including phenoxy) is 1. The minimum absolute atomic E-state index is 0.222. The number of hydrogen-bond acceptors (Lipinski definition) is 3. The highest BCUT2D eigenvalue weighted by Crippen LogP contribution is 2.25. The molecule has 1 aromatic rings. The summed E-state index contributed by atoms with van der Waals surface area (Å²) in [5, 5.41) is 3.28. The van der Waals surface area contributed by atoms with E-state index in [0.29, 0.717) is 0 Å². The summed E-state index contributed by atoms with van der Waals surface area (Å²) in [6.45, 7) is 0.860. The van der Waals surface area contributed by atoms with Crippen molar-refractivity contribution < 1.29 is 4.74 Å². The lowest BCUT2D eigenvalue weighted by Gasteiger charge is -2.23. The second kappa shape index (κ2) is 3.26. The molecule has 3 N–H and O–H groups in total. The van der Waals surface area contributed by atoms with Gasteiger partial charge in [-0.1, -0.05) is 0 Å². The molecule has 0 saturated carbocycles. The van der Waals surface area contributed by atoms with Gasteiger partial charge in [0.05, 0.1) is 7.11 Å². The molecule has 0 unspecified atom stereocenters. The van der Waals surface area contributed by atoms with E-state index in [0.717, 1.165) is 18.7 Å². The van der Waals surface area contributed by atoms with E-state index >= 15 is 0 Å². The molecule has 2 rings (SSSR count). The molecule has 0 aromatic heterocycles. The second-order valence-corrected chi connectivity index (χ2v) is 3.37. The van der Waals surface area contributed by atoms with Gasteiger partial charge in [0.25, 0.3) is 0 Å². The number of anilines is 1. The zero-order valence-corrected chi connectivity index (χ0v) is 7.71. The van der Waals surface area contributed by atoms with Crippen molar-refractivity contribution in [3.05, 3.63) is 23.8 Å². The molecule has 0 fully saturated rings. The van der Waals surface area contributed by atoms with Crippen molar-refractivity contribution in [2.45, 2.75) is 12.5 Å². The average molecular weight is 178 g/mol. The molecule has 0 saturated heterocycles. The molecule has 0 amide bonds. The summed E-state index contributed by atoms with van der Waals surface area (Å²) in [5.41, 5.74) is 8.27. The average Bonchev–Trinajstić information content (AvgIpc) is 2.16. The highest BCUT2D eigenvalue weighted by molar-refractivity contribution is 5.56. The lowest BCUT2D eigenvalue weighted by molar-refractivity contribution is 0.414. The molecule has 1 aliphatic heterocycles. The number of benzene rings is 1. The van der Waals surface area contributed by atoms with Gasteiger partial charge in [-0.25, -0.2) is 0 Å². The Bertz CT molecular complexity index is 312. The maximum absolute atomic E-state index is 5.84. The quantitative estimate of drug-likeness (QED) is 0.674. The molecular weight excluding hydrogens is 164 g/mol. The van der Waals surface area contributed by atoms with Crippen LogP contribution in [0.3, 0.4) is 0 Å². The third-order valence-corrected chi connectivity index (χ3v) is 2.35. The summed E-state index contributed by atoms with van der Waals surface area (Å²) in [5.74, 6) is 0.898. The van der Waals surface area contributed by atoms with E-state index in [2.05, 4.69) is 5.32 Å². The minimum Gasteiger partial charge on any atom is -0.497 e. The van der Waals surface area contributed by atoms with E-state index in [1.807, 2.05) is 18.2 Å². The molecule has 1 atom stereocenters. The molecule has 1 aliphatic rings. The maximum Gasteiger partial charge on any atom is 0.119 e. The fourth-order valence-electron chi connectivity index (χ4n) is 1.63. The van der Waals surface area contributed by atoms with Crippen molar-refractivity contribution in [2.24, 2.45) is 5.73 Å². The van der Waals surface area contributed by atoms with E-state index in [4.69, 9.17) is 10.5 Å². The molecule has 0 radical (unpaired) electrons. The Morgan fingerprint density at radius 1 is 1.54 bits per heavy atom. The Labute approximate surface area is 77.9 Å². The third-order valence-electron chi connectivity index (χ3n) is 2.35. The first-order chi connectivity index (χ1) is 6.29. The van der Waals surface area contributed by atoms with Gasteiger partial charge in [0.2, 0.25) is 0 Å². The minimum atomic E-state index is 0.222. The Balaban J connectivity index is 2.32. The molecule has 0 spiro atoms. The van der Waals surface area contributed by atoms with Crippen LogP contribution in [-0.4, -0.2) is 19.7 Å². The largest absolute Gasteiger partial charge is 0.497 e. The smallest absolute Gasteiger partial charge is 0.119 e. The van der Waals surface area contributed by atoms with Crippen molar-refractivity contribution in [3.8, 4) is 5.75 Å². The lowest BCUT2D eigenvalue weighted by atomic mass is 10.0. The number of rotatable bonds is 1. The van der Waals surface area contributed by atoms with E-state index in [1.165, 1.54) is 11.3 Å². The van der Waals surface area contributed by atoms with E-state index in [-0.39, 0.29) is 6.04 Å². The predicted molar refractivity (Wildman–Crippen MR) is 53.2 cm³/mol. The normalized spacial score (nSPS) is 20.3. The molecule has 0 bridgehead atoms. The molecule has 13 heavy (non-hydrogen) atoms.